The summed E-state index contributed by atoms with van der Waals surface area (Å²) >= 11 is 0. The molecule has 0 radical (unpaired) electrons. The number of aromatic nitrogens is 1. The minimum atomic E-state index is 0.0317. The van der Waals surface area contributed by atoms with Crippen molar-refractivity contribution in [3.63, 3.8) is 0 Å². The molecule has 1 aromatic heterocycles. The number of allylic oxidation sites excluding steroid dienone is 6. The van der Waals surface area contributed by atoms with Crippen molar-refractivity contribution in [2.45, 2.75) is 86.6 Å². The van der Waals surface area contributed by atoms with Crippen molar-refractivity contribution in [2.24, 2.45) is 11.8 Å². The summed E-state index contributed by atoms with van der Waals surface area (Å²) in [6, 6.07) is 19.8. The average Bonchev–Trinajstić information content (AvgIpc) is 3.37. The maximum Gasteiger partial charge on any atom is 0.197 e. The van der Waals surface area contributed by atoms with Gasteiger partial charge in [0.15, 0.2) is 11.2 Å². The second kappa shape index (κ2) is 15.1. The van der Waals surface area contributed by atoms with Gasteiger partial charge in [0.2, 0.25) is 0 Å². The molecular weight excluding hydrogens is 538 g/mol. The Labute approximate surface area is 264 Å². The smallest absolute Gasteiger partial charge is 0.197 e. The molecule has 0 N–H and O–H groups in total. The molecule has 0 spiro atoms. The van der Waals surface area contributed by atoms with Crippen LogP contribution in [0.5, 0.6) is 0 Å². The van der Waals surface area contributed by atoms with Gasteiger partial charge < -0.3 is 4.57 Å². The van der Waals surface area contributed by atoms with Gasteiger partial charge in [-0.2, -0.15) is 0 Å². The van der Waals surface area contributed by atoms with Crippen LogP contribution in [-0.4, -0.2) is 10.4 Å². The van der Waals surface area contributed by atoms with Crippen molar-refractivity contribution in [2.75, 3.05) is 0 Å². The quantitative estimate of drug-likeness (QED) is 0.218. The van der Waals surface area contributed by atoms with Gasteiger partial charge in [0.25, 0.3) is 0 Å². The molecule has 0 aliphatic heterocycles. The summed E-state index contributed by atoms with van der Waals surface area (Å²) in [5, 5.41) is 1.41. The zero-order chi connectivity index (χ0) is 31.8. The predicted molar refractivity (Wildman–Crippen MR) is 189 cm³/mol. The lowest BCUT2D eigenvalue weighted by Crippen LogP contribution is -2.16. The molecule has 0 bridgehead atoms. The molecule has 44 heavy (non-hydrogen) atoms. The molecular formula is C41H49NO2. The number of carbonyl (C=O) groups is 1. The third-order valence-corrected chi connectivity index (χ3v) is 8.96. The Morgan fingerprint density at radius 2 is 1.55 bits per heavy atom. The lowest BCUT2D eigenvalue weighted by Gasteiger charge is -2.20. The van der Waals surface area contributed by atoms with Crippen LogP contribution in [0.1, 0.15) is 101 Å². The zero-order valence-electron chi connectivity index (χ0n) is 27.7. The first-order valence-electron chi connectivity index (χ1n) is 16.7. The number of pyridine rings is 1. The summed E-state index contributed by atoms with van der Waals surface area (Å²) in [5.41, 5.74) is 6.62. The molecule has 3 atom stereocenters. The molecule has 2 aliphatic carbocycles. The lowest BCUT2D eigenvalue weighted by molar-refractivity contribution is 0.103. The Kier molecular flexibility index (Phi) is 11.3. The maximum absolute atomic E-state index is 13.8. The van der Waals surface area contributed by atoms with Gasteiger partial charge >= 0.3 is 0 Å². The number of nitrogens with zero attached hydrogens (tertiary/aromatic N) is 1. The molecule has 3 unspecified atom stereocenters. The average molecular weight is 588 g/mol. The first-order chi connectivity index (χ1) is 21.4. The SMILES string of the molecule is CC.CCC(C)C1=CC=CC(Cn2c3ccccc3c(=O)c3cc4c(cc32)C(=O)c2ccccc2C(C)C4)C=C1.CCCC. The zero-order valence-corrected chi connectivity index (χ0v) is 27.7. The van der Waals surface area contributed by atoms with E-state index in [4.69, 9.17) is 0 Å². The molecule has 0 amide bonds. The van der Waals surface area contributed by atoms with Crippen LogP contribution in [0.2, 0.25) is 0 Å². The number of benzene rings is 3. The molecule has 3 heteroatoms. The van der Waals surface area contributed by atoms with Gasteiger partial charge in [-0.15, -0.1) is 0 Å². The van der Waals surface area contributed by atoms with E-state index in [9.17, 15) is 9.59 Å². The first kappa shape index (κ1) is 32.9. The largest absolute Gasteiger partial charge is 0.339 e. The van der Waals surface area contributed by atoms with Crippen molar-refractivity contribution in [1.29, 1.82) is 0 Å². The van der Waals surface area contributed by atoms with Crippen molar-refractivity contribution < 1.29 is 4.79 Å². The molecule has 0 fully saturated rings. The number of fused-ring (bicyclic) bond motifs is 4. The number of carbonyl (C=O) groups excluding carboxylic acids is 1. The van der Waals surface area contributed by atoms with Crippen molar-refractivity contribution in [1.82, 2.24) is 4.57 Å². The highest BCUT2D eigenvalue weighted by Crippen LogP contribution is 2.34. The normalized spacial score (nSPS) is 17.7. The van der Waals surface area contributed by atoms with Crippen LogP contribution >= 0.6 is 0 Å². The van der Waals surface area contributed by atoms with Crippen LogP contribution in [0.4, 0.5) is 0 Å². The van der Waals surface area contributed by atoms with Crippen LogP contribution in [0, 0.1) is 11.8 Å². The Hall–Kier alpha value is -3.98. The molecule has 230 valence electrons. The van der Waals surface area contributed by atoms with Gasteiger partial charge in [0.05, 0.1) is 11.0 Å². The van der Waals surface area contributed by atoms with Crippen LogP contribution in [0.3, 0.4) is 0 Å². The van der Waals surface area contributed by atoms with E-state index in [2.05, 4.69) is 75.6 Å². The van der Waals surface area contributed by atoms with Gasteiger partial charge in [0.1, 0.15) is 0 Å². The summed E-state index contributed by atoms with van der Waals surface area (Å²) in [5.74, 6) is 0.920. The fraction of sp³-hybridized carbons (Fsp3) is 0.366. The Morgan fingerprint density at radius 3 is 2.27 bits per heavy atom. The Balaban J connectivity index is 0.000000683. The van der Waals surface area contributed by atoms with E-state index in [-0.39, 0.29) is 23.0 Å². The minimum Gasteiger partial charge on any atom is -0.339 e. The Bertz CT molecular complexity index is 1770. The van der Waals surface area contributed by atoms with Gasteiger partial charge in [-0.25, -0.2) is 0 Å². The van der Waals surface area contributed by atoms with Gasteiger partial charge in [-0.1, -0.05) is 128 Å². The third-order valence-electron chi connectivity index (χ3n) is 8.96. The summed E-state index contributed by atoms with van der Waals surface area (Å²) < 4.78 is 2.24. The highest BCUT2D eigenvalue weighted by molar-refractivity contribution is 6.13. The molecule has 3 aromatic carbocycles. The minimum absolute atomic E-state index is 0.0317. The number of rotatable bonds is 5. The summed E-state index contributed by atoms with van der Waals surface area (Å²) in [4.78, 5) is 27.6. The fourth-order valence-electron chi connectivity index (χ4n) is 6.07. The Morgan fingerprint density at radius 1 is 0.841 bits per heavy atom. The number of ketones is 1. The second-order valence-electron chi connectivity index (χ2n) is 11.9. The van der Waals surface area contributed by atoms with E-state index in [0.717, 1.165) is 46.0 Å². The topological polar surface area (TPSA) is 39.1 Å². The van der Waals surface area contributed by atoms with Gasteiger partial charge in [-0.05, 0) is 65.6 Å². The van der Waals surface area contributed by atoms with E-state index >= 15 is 0 Å². The number of para-hydroxylation sites is 1. The highest BCUT2D eigenvalue weighted by Gasteiger charge is 2.27. The molecule has 0 saturated carbocycles. The van der Waals surface area contributed by atoms with Crippen LogP contribution < -0.4 is 5.43 Å². The lowest BCUT2D eigenvalue weighted by atomic mass is 9.93. The number of hydrogen-bond acceptors (Lipinski definition) is 2. The van der Waals surface area contributed by atoms with E-state index in [0.29, 0.717) is 23.4 Å². The number of unbranched alkanes of at least 4 members (excludes halogenated alkanes) is 1. The summed E-state index contributed by atoms with van der Waals surface area (Å²) in [6.07, 6.45) is 15.6. The van der Waals surface area contributed by atoms with Crippen LogP contribution in [0.25, 0.3) is 21.8 Å². The third kappa shape index (κ3) is 6.73. The fourth-order valence-corrected chi connectivity index (χ4v) is 6.07. The molecule has 0 saturated heterocycles. The van der Waals surface area contributed by atoms with Crippen molar-refractivity contribution >= 4 is 27.6 Å². The highest BCUT2D eigenvalue weighted by atomic mass is 16.1. The van der Waals surface area contributed by atoms with E-state index in [1.165, 1.54) is 18.4 Å². The van der Waals surface area contributed by atoms with Crippen LogP contribution in [0.15, 0.2) is 101 Å². The summed E-state index contributed by atoms with van der Waals surface area (Å²) in [6.45, 7) is 15.7. The maximum atomic E-state index is 13.8. The molecule has 2 aliphatic rings. The second-order valence-corrected chi connectivity index (χ2v) is 11.9. The molecule has 3 nitrogen and oxygen atoms in total. The monoisotopic (exact) mass is 587 g/mol. The summed E-state index contributed by atoms with van der Waals surface area (Å²) in [7, 11) is 0. The predicted octanol–water partition coefficient (Wildman–Crippen LogP) is 10.6. The van der Waals surface area contributed by atoms with Crippen LogP contribution in [-0.2, 0) is 13.0 Å². The van der Waals surface area contributed by atoms with Gasteiger partial charge in [-0.3, -0.25) is 9.59 Å². The molecule has 6 rings (SSSR count). The van der Waals surface area contributed by atoms with E-state index in [1.54, 1.807) is 0 Å². The van der Waals surface area contributed by atoms with Gasteiger partial charge in [0, 0.05) is 34.4 Å². The molecule has 1 heterocycles. The van der Waals surface area contributed by atoms with Crippen molar-refractivity contribution in [3.8, 4) is 0 Å². The van der Waals surface area contributed by atoms with E-state index < -0.39 is 0 Å². The standard InChI is InChI=1S/C35H33NO2.C4H10.C2H6/c1-4-22(2)25-11-9-10-24(16-17-25)21-36-32-15-8-7-14-29(32)35(38)31-19-26-18-23(3)27-12-5-6-13-28(27)34(37)30(26)20-33(31)36;1-3-4-2;1-2/h5-17,19-20,22-24H,4,18,21H2,1-3H3;3-4H2,1-2H3;1-2H3. The first-order valence-corrected chi connectivity index (χ1v) is 16.7. The van der Waals surface area contributed by atoms with Crippen molar-refractivity contribution in [3.05, 3.63) is 129 Å². The molecule has 4 aromatic rings. The number of hydrogen-bond donors (Lipinski definition) is 0. The van der Waals surface area contributed by atoms with E-state index in [1.807, 2.05) is 68.4 Å².